The zero-order chi connectivity index (χ0) is 27.5. The van der Waals surface area contributed by atoms with Gasteiger partial charge in [0.25, 0.3) is 20.2 Å². The summed E-state index contributed by atoms with van der Waals surface area (Å²) < 4.78 is 61.8. The molecule has 15 heteroatoms. The molecule has 0 aliphatic carbocycles. The molecule has 4 aromatic rings. The Morgan fingerprint density at radius 2 is 0.973 bits per heavy atom. The summed E-state index contributed by atoms with van der Waals surface area (Å²) in [5.41, 5.74) is 0.0697. The molecule has 2 aromatic carbocycles. The number of aromatic nitrogens is 2. The molecule has 0 radical (unpaired) electrons. The first kappa shape index (κ1) is 34.3. The van der Waals surface area contributed by atoms with Crippen LogP contribution in [-0.4, -0.2) is 49.1 Å². The van der Waals surface area contributed by atoms with Gasteiger partial charge in [0, 0.05) is 44.9 Å². The van der Waals surface area contributed by atoms with Crippen molar-refractivity contribution in [3.05, 3.63) is 60.9 Å². The summed E-state index contributed by atoms with van der Waals surface area (Å²) in [4.78, 5) is 6.93. The summed E-state index contributed by atoms with van der Waals surface area (Å²) in [5, 5.41) is 40.8. The minimum atomic E-state index is -4.33. The van der Waals surface area contributed by atoms with Crippen molar-refractivity contribution in [2.24, 2.45) is 0 Å². The van der Waals surface area contributed by atoms with Crippen molar-refractivity contribution in [2.45, 2.75) is 23.6 Å². The third-order valence-electron chi connectivity index (χ3n) is 3.94. The first-order valence-corrected chi connectivity index (χ1v) is 12.9. The second kappa shape index (κ2) is 15.5. The molecule has 0 fully saturated rings. The predicted octanol–water partition coefficient (Wildman–Crippen LogP) is -0.159. The van der Waals surface area contributed by atoms with E-state index in [9.17, 15) is 27.0 Å². The van der Waals surface area contributed by atoms with E-state index in [2.05, 4.69) is 9.97 Å². The number of hydrogen-bond acceptors (Lipinski definition) is 10. The van der Waals surface area contributed by atoms with Crippen LogP contribution in [0.1, 0.15) is 13.8 Å². The number of fused-ring (bicyclic) bond motifs is 2. The van der Waals surface area contributed by atoms with Gasteiger partial charge in [0.05, 0.1) is 11.0 Å². The Hall–Kier alpha value is -2.69. The summed E-state index contributed by atoms with van der Waals surface area (Å²) >= 11 is 0. The molecule has 0 bridgehead atoms. The summed E-state index contributed by atoms with van der Waals surface area (Å²) in [6.45, 7) is 3.14. The maximum Gasteiger partial charge on any atom is 0.295 e. The Labute approximate surface area is 228 Å². The van der Waals surface area contributed by atoms with Crippen LogP contribution >= 0.6 is 0 Å². The Balaban J connectivity index is 0.000000566. The van der Waals surface area contributed by atoms with Gasteiger partial charge >= 0.3 is 0 Å². The second-order valence-corrected chi connectivity index (χ2v) is 9.23. The van der Waals surface area contributed by atoms with Crippen LogP contribution in [0.3, 0.4) is 0 Å². The average molecular weight is 586 g/mol. The quantitative estimate of drug-likeness (QED) is 0.231. The Morgan fingerprint density at radius 3 is 1.24 bits per heavy atom. The van der Waals surface area contributed by atoms with Crippen LogP contribution in [0.25, 0.3) is 21.8 Å². The number of nitrogens with zero attached hydrogens (tertiary/aromatic N) is 2. The SMILES string of the molecule is CC[O-].CC[O-].O=S(=O)(O)c1ccc([O-])c2ncccc12.O=S(=O)(O)c1ccc([O-])c2ncccc12.[Ti]. The normalized spacial score (nSPS) is 10.5. The van der Waals surface area contributed by atoms with E-state index >= 15 is 0 Å². The molecule has 2 aromatic heterocycles. The van der Waals surface area contributed by atoms with Crippen molar-refractivity contribution in [3.8, 4) is 11.5 Å². The van der Waals surface area contributed by atoms with E-state index in [0.29, 0.717) is 0 Å². The minimum Gasteiger partial charge on any atom is -0.871 e. The van der Waals surface area contributed by atoms with Gasteiger partial charge in [0.2, 0.25) is 0 Å². The van der Waals surface area contributed by atoms with Gasteiger partial charge in [-0.3, -0.25) is 19.1 Å². The van der Waals surface area contributed by atoms with E-state index in [1.54, 1.807) is 13.8 Å². The van der Waals surface area contributed by atoms with Crippen LogP contribution in [0.5, 0.6) is 11.5 Å². The Kier molecular flexibility index (Phi) is 14.4. The molecule has 2 N–H and O–H groups in total. The smallest absolute Gasteiger partial charge is 0.295 e. The fourth-order valence-corrected chi connectivity index (χ4v) is 4.06. The van der Waals surface area contributed by atoms with Gasteiger partial charge in [-0.05, 0) is 36.4 Å². The van der Waals surface area contributed by atoms with E-state index in [0.717, 1.165) is 24.3 Å². The van der Waals surface area contributed by atoms with Crippen molar-refractivity contribution in [1.29, 1.82) is 0 Å². The van der Waals surface area contributed by atoms with E-state index in [-0.39, 0.29) is 78.0 Å². The number of hydrogen-bond donors (Lipinski definition) is 2. The predicted molar refractivity (Wildman–Crippen MR) is 123 cm³/mol. The zero-order valence-electron chi connectivity index (χ0n) is 19.6. The molecule has 0 amide bonds. The van der Waals surface area contributed by atoms with Gasteiger partial charge in [-0.2, -0.15) is 16.8 Å². The molecule has 37 heavy (non-hydrogen) atoms. The van der Waals surface area contributed by atoms with E-state index in [4.69, 9.17) is 19.3 Å². The molecule has 12 nitrogen and oxygen atoms in total. The van der Waals surface area contributed by atoms with Crippen LogP contribution in [0, 0.1) is 0 Å². The third kappa shape index (κ3) is 9.94. The molecule has 2 heterocycles. The van der Waals surface area contributed by atoms with Crippen molar-refractivity contribution in [2.75, 3.05) is 13.2 Å². The van der Waals surface area contributed by atoms with Crippen LogP contribution in [-0.2, 0) is 42.0 Å². The second-order valence-electron chi connectivity index (χ2n) is 6.45. The minimum absolute atomic E-state index is 0. The van der Waals surface area contributed by atoms with Gasteiger partial charge in [-0.15, -0.1) is 13.2 Å². The fraction of sp³-hybridized carbons (Fsp3) is 0.182. The van der Waals surface area contributed by atoms with Crippen LogP contribution in [0.4, 0.5) is 0 Å². The fourth-order valence-electron chi connectivity index (χ4n) is 2.69. The van der Waals surface area contributed by atoms with E-state index in [1.807, 2.05) is 0 Å². The number of pyridine rings is 2. The molecule has 0 unspecified atom stereocenters. The molecule has 0 aliphatic heterocycles. The number of rotatable bonds is 2. The van der Waals surface area contributed by atoms with Crippen molar-refractivity contribution >= 4 is 42.0 Å². The topological polar surface area (TPSA) is 227 Å². The van der Waals surface area contributed by atoms with Gasteiger partial charge in [0.15, 0.2) is 0 Å². The largest absolute Gasteiger partial charge is 0.871 e. The average Bonchev–Trinajstić information content (AvgIpc) is 2.80. The van der Waals surface area contributed by atoms with E-state index < -0.39 is 20.2 Å². The maximum atomic E-state index is 11.3. The van der Waals surface area contributed by atoms with Crippen molar-refractivity contribution in [3.63, 3.8) is 0 Å². The zero-order valence-corrected chi connectivity index (χ0v) is 22.8. The van der Waals surface area contributed by atoms with Gasteiger partial charge in [0.1, 0.15) is 9.79 Å². The molecular formula is C22H22N2O10S2Ti-4. The standard InChI is InChI=1S/2C9H7NO4S.2C2H5O.Ti/c2*11-7-3-4-8(15(12,13)14)6-2-1-5-10-9(6)7;2*1-2-3;/h2*1-5,11H,(H,12,13,14);2*2H2,1H3;/q;;2*-1;/p-2. The molecule has 0 saturated carbocycles. The van der Waals surface area contributed by atoms with Gasteiger partial charge < -0.3 is 20.4 Å². The monoisotopic (exact) mass is 586 g/mol. The molecule has 0 saturated heterocycles. The van der Waals surface area contributed by atoms with Crippen molar-refractivity contribution in [1.82, 2.24) is 9.97 Å². The molecule has 0 spiro atoms. The molecule has 4 rings (SSSR count). The Morgan fingerprint density at radius 1 is 0.676 bits per heavy atom. The molecule has 200 valence electrons. The third-order valence-corrected chi connectivity index (χ3v) is 5.76. The van der Waals surface area contributed by atoms with E-state index in [1.165, 1.54) is 36.7 Å². The van der Waals surface area contributed by atoms with Crippen molar-refractivity contribution < 1.29 is 68.1 Å². The first-order chi connectivity index (χ1) is 16.8. The van der Waals surface area contributed by atoms with Gasteiger partial charge in [-0.1, -0.05) is 37.5 Å². The Bertz CT molecular complexity index is 1400. The van der Waals surface area contributed by atoms with Gasteiger partial charge in [-0.25, -0.2) is 0 Å². The first-order valence-electron chi connectivity index (χ1n) is 10.0. The molecule has 0 aliphatic rings. The summed E-state index contributed by atoms with van der Waals surface area (Å²) in [6.07, 6.45) is 2.77. The van der Waals surface area contributed by atoms with Crippen LogP contribution in [0.2, 0.25) is 0 Å². The maximum absolute atomic E-state index is 11.3. The summed E-state index contributed by atoms with van der Waals surface area (Å²) in [7, 11) is -8.65. The number of benzene rings is 2. The van der Waals surface area contributed by atoms with Crippen LogP contribution < -0.4 is 20.4 Å². The molecular weight excluding hydrogens is 564 g/mol. The molecule has 0 atom stereocenters. The summed E-state index contributed by atoms with van der Waals surface area (Å²) in [6, 6.07) is 10.1. The van der Waals surface area contributed by atoms with Crippen LogP contribution in [0.15, 0.2) is 70.7 Å². The summed E-state index contributed by atoms with van der Waals surface area (Å²) in [5.74, 6) is -0.754.